The Morgan fingerprint density at radius 2 is 1.86 bits per heavy atom. The quantitative estimate of drug-likeness (QED) is 0.393. The Morgan fingerprint density at radius 1 is 1.11 bits per heavy atom. The highest BCUT2D eigenvalue weighted by Crippen LogP contribution is 2.30. The van der Waals surface area contributed by atoms with Gasteiger partial charge in [-0.15, -0.1) is 0 Å². The second-order valence-electron chi connectivity index (χ2n) is 9.26. The zero-order valence-electron chi connectivity index (χ0n) is 19.9. The van der Waals surface area contributed by atoms with Crippen molar-refractivity contribution in [2.24, 2.45) is 11.0 Å². The molecule has 0 fully saturated rings. The van der Waals surface area contributed by atoms with Crippen LogP contribution >= 0.6 is 11.6 Å². The van der Waals surface area contributed by atoms with Gasteiger partial charge in [-0.05, 0) is 47.4 Å². The van der Waals surface area contributed by atoms with Crippen molar-refractivity contribution in [1.82, 2.24) is 19.6 Å². The van der Waals surface area contributed by atoms with E-state index in [0.717, 1.165) is 40.1 Å². The molecule has 2 atom stereocenters. The Hall–Kier alpha value is -3.71. The van der Waals surface area contributed by atoms with Crippen molar-refractivity contribution in [2.75, 3.05) is 18.9 Å². The molecule has 2 aromatic heterocycles. The van der Waals surface area contributed by atoms with Gasteiger partial charge in [-0.1, -0.05) is 49.7 Å². The standard InChI is InChI=1S/C27H27ClN6O/c1-17(2)25(18-4-8-22(28)9-5-18)27(35)32-23-10-6-19(7-11-23)26-24-12-20(15-34(24)31-16-29-26)21-13-30-33(3)14-21/h4-13,15-17,21,25H,14H2,1-3H3,(H,32,35). The second kappa shape index (κ2) is 9.50. The highest BCUT2D eigenvalue weighted by molar-refractivity contribution is 6.30. The number of carbonyl (C=O) groups is 1. The molecule has 0 spiro atoms. The Morgan fingerprint density at radius 3 is 2.51 bits per heavy atom. The van der Waals surface area contributed by atoms with E-state index in [1.54, 1.807) is 6.33 Å². The van der Waals surface area contributed by atoms with Crippen molar-refractivity contribution < 1.29 is 4.79 Å². The van der Waals surface area contributed by atoms with Crippen LogP contribution in [0.4, 0.5) is 5.69 Å². The maximum Gasteiger partial charge on any atom is 0.232 e. The molecular formula is C27H27ClN6O. The average molecular weight is 487 g/mol. The maximum atomic E-state index is 13.1. The second-order valence-corrected chi connectivity index (χ2v) is 9.70. The molecule has 1 aliphatic heterocycles. The minimum atomic E-state index is -0.272. The fourth-order valence-electron chi connectivity index (χ4n) is 4.58. The molecule has 178 valence electrons. The molecule has 1 N–H and O–H groups in total. The van der Waals surface area contributed by atoms with E-state index in [0.29, 0.717) is 5.02 Å². The molecule has 0 saturated carbocycles. The zero-order chi connectivity index (χ0) is 24.5. The van der Waals surface area contributed by atoms with E-state index < -0.39 is 0 Å². The minimum Gasteiger partial charge on any atom is -0.326 e. The van der Waals surface area contributed by atoms with Gasteiger partial charge < -0.3 is 5.32 Å². The molecule has 7 nitrogen and oxygen atoms in total. The topological polar surface area (TPSA) is 74.9 Å². The molecule has 0 radical (unpaired) electrons. The van der Waals surface area contributed by atoms with E-state index in [1.165, 1.54) is 0 Å². The van der Waals surface area contributed by atoms with Gasteiger partial charge in [-0.3, -0.25) is 9.80 Å². The van der Waals surface area contributed by atoms with Crippen molar-refractivity contribution in [3.05, 3.63) is 83.3 Å². The number of nitrogens with zero attached hydrogens (tertiary/aromatic N) is 5. The van der Waals surface area contributed by atoms with E-state index in [4.69, 9.17) is 11.6 Å². The number of benzene rings is 2. The summed E-state index contributed by atoms with van der Waals surface area (Å²) in [5.74, 6) is 0.0596. The third-order valence-corrected chi connectivity index (χ3v) is 6.62. The predicted molar refractivity (Wildman–Crippen MR) is 140 cm³/mol. The van der Waals surface area contributed by atoms with Gasteiger partial charge in [0, 0.05) is 48.2 Å². The summed E-state index contributed by atoms with van der Waals surface area (Å²) in [5.41, 5.74) is 5.58. The Balaban J connectivity index is 1.37. The molecule has 2 aromatic carbocycles. The summed E-state index contributed by atoms with van der Waals surface area (Å²) in [6.07, 6.45) is 5.57. The SMILES string of the molecule is CC(C)C(C(=O)Nc1ccc(-c2ncnn3cc(C4C=NN(C)C4)cc23)cc1)c1ccc(Cl)cc1. The lowest BCUT2D eigenvalue weighted by Gasteiger charge is -2.21. The van der Waals surface area contributed by atoms with Crippen LogP contribution in [0.2, 0.25) is 5.02 Å². The van der Waals surface area contributed by atoms with Crippen molar-refractivity contribution in [2.45, 2.75) is 25.7 Å². The summed E-state index contributed by atoms with van der Waals surface area (Å²) >= 11 is 6.03. The minimum absolute atomic E-state index is 0.0427. The number of rotatable bonds is 6. The fourth-order valence-corrected chi connectivity index (χ4v) is 4.71. The van der Waals surface area contributed by atoms with Gasteiger partial charge in [-0.25, -0.2) is 9.50 Å². The molecule has 2 unspecified atom stereocenters. The summed E-state index contributed by atoms with van der Waals surface area (Å²) in [4.78, 5) is 17.7. The van der Waals surface area contributed by atoms with E-state index in [2.05, 4.69) is 26.6 Å². The number of halogens is 1. The maximum absolute atomic E-state index is 13.1. The van der Waals surface area contributed by atoms with Crippen LogP contribution in [0.1, 0.15) is 36.8 Å². The van der Waals surface area contributed by atoms with E-state index in [9.17, 15) is 4.79 Å². The number of fused-ring (bicyclic) bond motifs is 1. The van der Waals surface area contributed by atoms with E-state index >= 15 is 0 Å². The molecule has 1 amide bonds. The molecule has 3 heterocycles. The first-order valence-corrected chi connectivity index (χ1v) is 12.0. The lowest BCUT2D eigenvalue weighted by atomic mass is 9.87. The largest absolute Gasteiger partial charge is 0.326 e. The number of carbonyl (C=O) groups excluding carboxylic acids is 1. The van der Waals surface area contributed by atoms with Gasteiger partial charge in [0.15, 0.2) is 0 Å². The van der Waals surface area contributed by atoms with Crippen LogP contribution in [-0.4, -0.2) is 45.3 Å². The van der Waals surface area contributed by atoms with Crippen LogP contribution < -0.4 is 5.32 Å². The molecule has 0 aliphatic carbocycles. The number of anilines is 1. The number of amides is 1. The number of hydrazone groups is 1. The highest BCUT2D eigenvalue weighted by Gasteiger charge is 2.24. The third-order valence-electron chi connectivity index (χ3n) is 6.36. The van der Waals surface area contributed by atoms with Gasteiger partial charge in [-0.2, -0.15) is 10.2 Å². The van der Waals surface area contributed by atoms with Gasteiger partial charge in [0.1, 0.15) is 6.33 Å². The first-order valence-electron chi connectivity index (χ1n) is 11.6. The van der Waals surface area contributed by atoms with Crippen LogP contribution in [0.25, 0.3) is 16.8 Å². The number of hydrogen-bond acceptors (Lipinski definition) is 5. The zero-order valence-corrected chi connectivity index (χ0v) is 20.6. The van der Waals surface area contributed by atoms with Gasteiger partial charge in [0.25, 0.3) is 0 Å². The van der Waals surface area contributed by atoms with Gasteiger partial charge in [0.2, 0.25) is 5.91 Å². The van der Waals surface area contributed by atoms with Crippen LogP contribution in [0.5, 0.6) is 0 Å². The number of aromatic nitrogens is 3. The third kappa shape index (κ3) is 4.77. The van der Waals surface area contributed by atoms with Crippen molar-refractivity contribution in [1.29, 1.82) is 0 Å². The Kier molecular flexibility index (Phi) is 6.26. The average Bonchev–Trinajstić information content (AvgIpc) is 3.47. The molecule has 8 heteroatoms. The first-order chi connectivity index (χ1) is 16.9. The smallest absolute Gasteiger partial charge is 0.232 e. The summed E-state index contributed by atoms with van der Waals surface area (Å²) in [6, 6.07) is 17.4. The molecular weight excluding hydrogens is 460 g/mol. The molecule has 35 heavy (non-hydrogen) atoms. The molecule has 5 rings (SSSR count). The van der Waals surface area contributed by atoms with Crippen molar-refractivity contribution in [3.63, 3.8) is 0 Å². The first kappa shape index (κ1) is 23.1. The monoisotopic (exact) mass is 486 g/mol. The summed E-state index contributed by atoms with van der Waals surface area (Å²) < 4.78 is 1.86. The Labute approximate surface area is 209 Å². The fraction of sp³-hybridized carbons (Fsp3) is 0.259. The van der Waals surface area contributed by atoms with Crippen molar-refractivity contribution in [3.8, 4) is 11.3 Å². The predicted octanol–water partition coefficient (Wildman–Crippen LogP) is 5.44. The van der Waals surface area contributed by atoms with Crippen LogP contribution in [0.3, 0.4) is 0 Å². The highest BCUT2D eigenvalue weighted by atomic mass is 35.5. The number of hydrogen-bond donors (Lipinski definition) is 1. The summed E-state index contributed by atoms with van der Waals surface area (Å²) in [6.45, 7) is 4.94. The summed E-state index contributed by atoms with van der Waals surface area (Å²) in [5, 5.41) is 14.4. The van der Waals surface area contributed by atoms with Gasteiger partial charge in [0.05, 0.1) is 17.1 Å². The normalized spacial score (nSPS) is 16.3. The lowest BCUT2D eigenvalue weighted by Crippen LogP contribution is -2.25. The lowest BCUT2D eigenvalue weighted by molar-refractivity contribution is -0.118. The Bertz CT molecular complexity index is 1380. The van der Waals surface area contributed by atoms with E-state index in [-0.39, 0.29) is 23.7 Å². The number of nitrogens with one attached hydrogen (secondary N) is 1. The molecule has 4 aromatic rings. The summed E-state index contributed by atoms with van der Waals surface area (Å²) in [7, 11) is 1.97. The molecule has 1 aliphatic rings. The number of likely N-dealkylation sites (N-methyl/N-ethyl adjacent to an activating group) is 1. The van der Waals surface area contributed by atoms with Gasteiger partial charge >= 0.3 is 0 Å². The van der Waals surface area contributed by atoms with Crippen LogP contribution in [0, 0.1) is 5.92 Å². The van der Waals surface area contributed by atoms with Crippen molar-refractivity contribution >= 4 is 34.9 Å². The van der Waals surface area contributed by atoms with Crippen LogP contribution in [-0.2, 0) is 4.79 Å². The molecule has 0 saturated heterocycles. The van der Waals surface area contributed by atoms with Crippen LogP contribution in [0.15, 0.2) is 72.2 Å². The van der Waals surface area contributed by atoms with E-state index in [1.807, 2.05) is 91.4 Å². The molecule has 0 bridgehead atoms.